The minimum atomic E-state index is -0.189. The van der Waals surface area contributed by atoms with E-state index < -0.39 is 0 Å². The standard InChI is InChI=1S/C21H23N9O/c1-14-19-20(26-17(9-22-19)28-8-7-21(12-28)5-2-6-21)30(27-14)11-18(31)25-15-3-4-16-23-13-24-29(16)10-15/h3-4,9-10,13H,2,5-8,11-12H2,1H3,(H,25,31). The maximum atomic E-state index is 12.7. The predicted molar refractivity (Wildman–Crippen MR) is 115 cm³/mol. The first-order valence-corrected chi connectivity index (χ1v) is 10.6. The number of amides is 1. The van der Waals surface area contributed by atoms with E-state index in [1.807, 2.05) is 13.1 Å². The van der Waals surface area contributed by atoms with E-state index in [9.17, 15) is 4.79 Å². The Morgan fingerprint density at radius 3 is 2.94 bits per heavy atom. The first-order chi connectivity index (χ1) is 15.1. The van der Waals surface area contributed by atoms with Crippen LogP contribution in [-0.4, -0.2) is 53.3 Å². The molecular formula is C21H23N9O. The number of nitrogens with one attached hydrogen (secondary N) is 1. The van der Waals surface area contributed by atoms with Crippen LogP contribution in [0.1, 0.15) is 31.4 Å². The smallest absolute Gasteiger partial charge is 0.246 e. The van der Waals surface area contributed by atoms with Gasteiger partial charge in [-0.3, -0.25) is 4.79 Å². The molecule has 0 atom stereocenters. The predicted octanol–water partition coefficient (Wildman–Crippen LogP) is 2.20. The average molecular weight is 417 g/mol. The molecule has 4 aromatic heterocycles. The van der Waals surface area contributed by atoms with Gasteiger partial charge >= 0.3 is 0 Å². The molecule has 31 heavy (non-hydrogen) atoms. The van der Waals surface area contributed by atoms with Crippen molar-refractivity contribution in [3.8, 4) is 0 Å². The third-order valence-corrected chi connectivity index (χ3v) is 6.63. The third kappa shape index (κ3) is 3.09. The van der Waals surface area contributed by atoms with Crippen molar-refractivity contribution in [1.29, 1.82) is 0 Å². The zero-order valence-corrected chi connectivity index (χ0v) is 17.3. The number of pyridine rings is 1. The molecule has 1 saturated heterocycles. The lowest BCUT2D eigenvalue weighted by atomic mass is 9.68. The van der Waals surface area contributed by atoms with E-state index in [-0.39, 0.29) is 12.5 Å². The van der Waals surface area contributed by atoms with Crippen molar-refractivity contribution in [2.45, 2.75) is 39.2 Å². The van der Waals surface area contributed by atoms with Crippen LogP contribution >= 0.6 is 0 Å². The largest absolute Gasteiger partial charge is 0.355 e. The van der Waals surface area contributed by atoms with Gasteiger partial charge in [0.1, 0.15) is 24.2 Å². The number of aryl methyl sites for hydroxylation is 1. The maximum Gasteiger partial charge on any atom is 0.246 e. The Balaban J connectivity index is 1.24. The Morgan fingerprint density at radius 1 is 1.23 bits per heavy atom. The summed E-state index contributed by atoms with van der Waals surface area (Å²) in [6, 6.07) is 3.61. The maximum absolute atomic E-state index is 12.7. The normalized spacial score (nSPS) is 17.5. The van der Waals surface area contributed by atoms with Crippen molar-refractivity contribution >= 4 is 34.2 Å². The van der Waals surface area contributed by atoms with Gasteiger partial charge in [-0.1, -0.05) is 6.42 Å². The molecule has 1 aliphatic heterocycles. The van der Waals surface area contributed by atoms with Gasteiger partial charge in [0.25, 0.3) is 0 Å². The Hall–Kier alpha value is -3.56. The summed E-state index contributed by atoms with van der Waals surface area (Å²) in [6.07, 6.45) is 10.2. The van der Waals surface area contributed by atoms with Gasteiger partial charge < -0.3 is 10.2 Å². The zero-order valence-electron chi connectivity index (χ0n) is 17.3. The molecule has 10 nitrogen and oxygen atoms in total. The van der Waals surface area contributed by atoms with Gasteiger partial charge in [0.05, 0.1) is 23.8 Å². The quantitative estimate of drug-likeness (QED) is 0.542. The van der Waals surface area contributed by atoms with Crippen LogP contribution in [0.15, 0.2) is 30.9 Å². The molecule has 0 aromatic carbocycles. The summed E-state index contributed by atoms with van der Waals surface area (Å²) in [5, 5.41) is 11.5. The number of carbonyl (C=O) groups excluding carboxylic acids is 1. The lowest BCUT2D eigenvalue weighted by Crippen LogP contribution is -2.33. The second-order valence-electron chi connectivity index (χ2n) is 8.70. The topological polar surface area (TPSA) is 106 Å². The lowest BCUT2D eigenvalue weighted by molar-refractivity contribution is -0.116. The molecule has 1 N–H and O–H groups in total. The van der Waals surface area contributed by atoms with E-state index in [0.29, 0.717) is 16.7 Å². The molecular weight excluding hydrogens is 394 g/mol. The second-order valence-corrected chi connectivity index (χ2v) is 8.70. The van der Waals surface area contributed by atoms with Crippen LogP contribution < -0.4 is 10.2 Å². The van der Waals surface area contributed by atoms with Crippen molar-refractivity contribution in [3.05, 3.63) is 36.5 Å². The van der Waals surface area contributed by atoms with Gasteiger partial charge in [-0.15, -0.1) is 0 Å². The van der Waals surface area contributed by atoms with Crippen LogP contribution in [0, 0.1) is 12.3 Å². The van der Waals surface area contributed by atoms with Crippen LogP contribution in [0.5, 0.6) is 0 Å². The van der Waals surface area contributed by atoms with Gasteiger partial charge in [0, 0.05) is 13.1 Å². The van der Waals surface area contributed by atoms with E-state index in [4.69, 9.17) is 4.98 Å². The van der Waals surface area contributed by atoms with Crippen LogP contribution in [0.3, 0.4) is 0 Å². The molecule has 1 spiro atoms. The minimum absolute atomic E-state index is 0.0573. The van der Waals surface area contributed by atoms with Gasteiger partial charge in [-0.25, -0.2) is 24.1 Å². The van der Waals surface area contributed by atoms with Crippen molar-refractivity contribution in [1.82, 2.24) is 34.3 Å². The minimum Gasteiger partial charge on any atom is -0.355 e. The van der Waals surface area contributed by atoms with Crippen molar-refractivity contribution in [3.63, 3.8) is 0 Å². The monoisotopic (exact) mass is 417 g/mol. The fourth-order valence-electron chi connectivity index (χ4n) is 4.79. The Kier molecular flexibility index (Phi) is 3.95. The molecule has 158 valence electrons. The zero-order chi connectivity index (χ0) is 21.0. The lowest BCUT2D eigenvalue weighted by Gasteiger charge is -2.38. The highest BCUT2D eigenvalue weighted by Gasteiger charge is 2.43. The molecule has 2 fully saturated rings. The van der Waals surface area contributed by atoms with Gasteiger partial charge in [0.15, 0.2) is 11.3 Å². The summed E-state index contributed by atoms with van der Waals surface area (Å²) < 4.78 is 3.26. The SMILES string of the molecule is Cc1nn(CC(=O)Nc2ccc3ncnn3c2)c2nc(N3CCC4(CCC4)C3)cnc12. The Labute approximate surface area is 178 Å². The number of anilines is 2. The number of carbonyl (C=O) groups is 1. The number of fused-ring (bicyclic) bond motifs is 2. The van der Waals surface area contributed by atoms with E-state index in [0.717, 1.165) is 35.8 Å². The van der Waals surface area contributed by atoms with Crippen molar-refractivity contribution < 1.29 is 4.79 Å². The van der Waals surface area contributed by atoms with Crippen molar-refractivity contribution in [2.75, 3.05) is 23.3 Å². The van der Waals surface area contributed by atoms with E-state index in [1.165, 1.54) is 32.0 Å². The van der Waals surface area contributed by atoms with Crippen LogP contribution in [-0.2, 0) is 11.3 Å². The first-order valence-electron chi connectivity index (χ1n) is 10.6. The first kappa shape index (κ1) is 18.2. The third-order valence-electron chi connectivity index (χ3n) is 6.63. The molecule has 1 saturated carbocycles. The molecule has 5 heterocycles. The van der Waals surface area contributed by atoms with Crippen LogP contribution in [0.25, 0.3) is 16.8 Å². The number of nitrogens with zero attached hydrogens (tertiary/aromatic N) is 8. The highest BCUT2D eigenvalue weighted by Crippen LogP contribution is 2.48. The van der Waals surface area contributed by atoms with E-state index in [2.05, 4.69) is 30.4 Å². The molecule has 6 rings (SSSR count). The van der Waals surface area contributed by atoms with Crippen LogP contribution in [0.2, 0.25) is 0 Å². The fraction of sp³-hybridized carbons (Fsp3) is 0.429. The summed E-state index contributed by atoms with van der Waals surface area (Å²) >= 11 is 0. The van der Waals surface area contributed by atoms with E-state index >= 15 is 0 Å². The second kappa shape index (κ2) is 6.73. The van der Waals surface area contributed by atoms with Crippen LogP contribution in [0.4, 0.5) is 11.5 Å². The molecule has 0 radical (unpaired) electrons. The van der Waals surface area contributed by atoms with Gasteiger partial charge in [-0.05, 0) is 43.7 Å². The van der Waals surface area contributed by atoms with Crippen molar-refractivity contribution in [2.24, 2.45) is 5.41 Å². The highest BCUT2D eigenvalue weighted by atomic mass is 16.2. The van der Waals surface area contributed by atoms with Gasteiger partial charge in [-0.2, -0.15) is 10.2 Å². The molecule has 0 bridgehead atoms. The summed E-state index contributed by atoms with van der Waals surface area (Å²) in [5.74, 6) is 0.681. The number of hydrogen-bond donors (Lipinski definition) is 1. The Bertz CT molecular complexity index is 1300. The van der Waals surface area contributed by atoms with Gasteiger partial charge in [0.2, 0.25) is 5.91 Å². The number of hydrogen-bond acceptors (Lipinski definition) is 7. The summed E-state index contributed by atoms with van der Waals surface area (Å²) in [7, 11) is 0. The summed E-state index contributed by atoms with van der Waals surface area (Å²) in [6.45, 7) is 4.01. The molecule has 1 aliphatic carbocycles. The summed E-state index contributed by atoms with van der Waals surface area (Å²) in [5.41, 5.74) is 4.00. The molecule has 10 heteroatoms. The highest BCUT2D eigenvalue weighted by molar-refractivity contribution is 5.91. The fourth-order valence-corrected chi connectivity index (χ4v) is 4.79. The number of rotatable bonds is 4. The molecule has 0 unspecified atom stereocenters. The average Bonchev–Trinajstić information content (AvgIpc) is 3.45. The molecule has 2 aliphatic rings. The molecule has 1 amide bonds. The van der Waals surface area contributed by atoms with E-state index in [1.54, 1.807) is 27.5 Å². The Morgan fingerprint density at radius 2 is 2.13 bits per heavy atom. The molecule has 4 aromatic rings. The number of aromatic nitrogens is 7. The summed E-state index contributed by atoms with van der Waals surface area (Å²) in [4.78, 5) is 28.6.